The molecule has 3 aliphatic rings. The van der Waals surface area contributed by atoms with E-state index in [4.69, 9.17) is 22.7 Å². The van der Waals surface area contributed by atoms with Crippen LogP contribution in [-0.2, 0) is 17.9 Å². The molecule has 54 heavy (non-hydrogen) atoms. The maximum Gasteiger partial charge on any atom is 0.341 e. The molecule has 4 N–H and O–H groups in total. The summed E-state index contributed by atoms with van der Waals surface area (Å²) >= 11 is 4.75. The van der Waals surface area contributed by atoms with E-state index in [1.807, 2.05) is 4.90 Å². The molecule has 5 aromatic rings. The first-order valence-corrected chi connectivity index (χ1v) is 17.7. The summed E-state index contributed by atoms with van der Waals surface area (Å²) in [5.41, 5.74) is 5.10. The molecule has 2 saturated heterocycles. The highest BCUT2D eigenvalue weighted by Gasteiger charge is 2.43. The number of nitrogens with zero attached hydrogens (tertiary/aromatic N) is 9. The highest BCUT2D eigenvalue weighted by Crippen LogP contribution is 2.46. The van der Waals surface area contributed by atoms with E-state index in [9.17, 15) is 29.0 Å². The first-order valence-electron chi connectivity index (χ1n) is 17.3. The van der Waals surface area contributed by atoms with E-state index in [2.05, 4.69) is 20.5 Å². The van der Waals surface area contributed by atoms with Crippen LogP contribution in [0.5, 0.6) is 11.6 Å². The minimum atomic E-state index is -1.38. The van der Waals surface area contributed by atoms with Crippen molar-refractivity contribution in [2.24, 2.45) is 21.9 Å². The van der Waals surface area contributed by atoms with Crippen molar-refractivity contribution in [3.63, 3.8) is 0 Å². The molecule has 3 fully saturated rings. The van der Waals surface area contributed by atoms with Gasteiger partial charge in [-0.25, -0.2) is 18.3 Å². The van der Waals surface area contributed by atoms with E-state index in [1.165, 1.54) is 40.9 Å². The normalized spacial score (nSPS) is 18.6. The number of hydrogen-bond donors (Lipinski definition) is 3. The number of fused-ring (bicyclic) bond motifs is 3. The topological polar surface area (TPSA) is 199 Å². The Bertz CT molecular complexity index is 2480. The van der Waals surface area contributed by atoms with Crippen LogP contribution < -0.4 is 20.8 Å². The quantitative estimate of drug-likeness (QED) is 0.145. The monoisotopic (exact) mass is 760 g/mol. The highest BCUT2D eigenvalue weighted by molar-refractivity contribution is 7.80. The molecule has 2 aliphatic heterocycles. The Labute approximate surface area is 310 Å². The number of carbonyl (C=O) groups is 2. The van der Waals surface area contributed by atoms with Gasteiger partial charge in [0.25, 0.3) is 0 Å². The van der Waals surface area contributed by atoms with E-state index >= 15 is 4.39 Å². The highest BCUT2D eigenvalue weighted by atomic mass is 32.1. The van der Waals surface area contributed by atoms with Crippen molar-refractivity contribution in [1.82, 2.24) is 29.0 Å². The van der Waals surface area contributed by atoms with Gasteiger partial charge < -0.3 is 39.6 Å². The van der Waals surface area contributed by atoms with Crippen molar-refractivity contribution in [3.8, 4) is 11.6 Å². The SMILES string of the molecule is COc1c(N2C[C@H]3CCCN(C(=O)Cn4cc(Cn5c(O)c(N=NC(N)=S)c6cccc(F)c65)nn4)[C@H]3C2)c(F)cc2c(=O)c(C(=O)O)cn(C3CC3)c12. The number of aromatic hydroxyl groups is 1. The van der Waals surface area contributed by atoms with Crippen molar-refractivity contribution in [2.45, 2.75) is 50.9 Å². The van der Waals surface area contributed by atoms with Gasteiger partial charge in [-0.3, -0.25) is 9.59 Å². The Kier molecular flexibility index (Phi) is 8.74. The molecule has 2 aromatic carbocycles. The summed E-state index contributed by atoms with van der Waals surface area (Å²) in [7, 11) is 1.40. The number of pyridine rings is 1. The molecule has 19 heteroatoms. The third kappa shape index (κ3) is 5.97. The molecule has 280 valence electrons. The molecule has 5 heterocycles. The van der Waals surface area contributed by atoms with Crippen LogP contribution in [0.1, 0.15) is 47.8 Å². The third-order valence-electron chi connectivity index (χ3n) is 10.4. The number of likely N-dealkylation sites (tertiary alicyclic amines) is 1. The van der Waals surface area contributed by atoms with Gasteiger partial charge in [0.05, 0.1) is 42.3 Å². The van der Waals surface area contributed by atoms with Crippen molar-refractivity contribution >= 4 is 62.4 Å². The van der Waals surface area contributed by atoms with Crippen molar-refractivity contribution in [3.05, 3.63) is 69.8 Å². The molecular formula is C35H34F2N10O6S. The summed E-state index contributed by atoms with van der Waals surface area (Å²) in [6, 6.07) is 5.09. The maximum absolute atomic E-state index is 16.1. The number of piperidine rings is 1. The maximum atomic E-state index is 16.1. The Morgan fingerprint density at radius 3 is 2.63 bits per heavy atom. The van der Waals surface area contributed by atoms with Gasteiger partial charge in [0.2, 0.25) is 22.3 Å². The summed E-state index contributed by atoms with van der Waals surface area (Å²) in [6.07, 6.45) is 5.97. The van der Waals surface area contributed by atoms with Crippen molar-refractivity contribution in [1.29, 1.82) is 0 Å². The number of aromatic nitrogens is 5. The van der Waals surface area contributed by atoms with Gasteiger partial charge in [-0.1, -0.05) is 17.3 Å². The summed E-state index contributed by atoms with van der Waals surface area (Å²) in [4.78, 5) is 42.5. The van der Waals surface area contributed by atoms with E-state index in [-0.39, 0.29) is 81.4 Å². The lowest BCUT2D eigenvalue weighted by Gasteiger charge is -2.36. The molecule has 0 unspecified atom stereocenters. The number of halogens is 2. The lowest BCUT2D eigenvalue weighted by atomic mass is 9.92. The largest absolute Gasteiger partial charge is 0.493 e. The molecule has 0 spiro atoms. The molecule has 8 rings (SSSR count). The van der Waals surface area contributed by atoms with Crippen LogP contribution >= 0.6 is 12.2 Å². The number of ether oxygens (including phenoxy) is 1. The Morgan fingerprint density at radius 2 is 1.91 bits per heavy atom. The summed E-state index contributed by atoms with van der Waals surface area (Å²) < 4.78 is 41.2. The standard InChI is InChI=1S/C35H34F2N10O6S/c1-53-32-29-21(31(49)22(34(51)52)14-46(29)19-7-8-19)10-24(37)30(32)43-11-17-4-3-9-45(25(17)15-43)26(48)16-44-12-18(39-42-44)13-47-28-20(5-2-6-23(28)36)27(33(47)50)40-41-35(38)54/h2,5-6,10,12,14,17,19,25,50H,3-4,7-9,11,13,15-16H2,1H3,(H2,38,54)(H,51,52)/t17-,25+/m1/s1. The zero-order valence-corrected chi connectivity index (χ0v) is 29.7. The molecule has 0 bridgehead atoms. The minimum absolute atomic E-state index is 0.0177. The van der Waals surface area contributed by atoms with E-state index in [0.29, 0.717) is 30.8 Å². The number of carbonyl (C=O) groups excluding carboxylic acids is 1. The third-order valence-corrected chi connectivity index (χ3v) is 10.5. The number of benzene rings is 2. The predicted octanol–water partition coefficient (Wildman–Crippen LogP) is 4.08. The first kappa shape index (κ1) is 35.1. The fourth-order valence-electron chi connectivity index (χ4n) is 7.96. The van der Waals surface area contributed by atoms with Crippen LogP contribution in [0.4, 0.5) is 20.2 Å². The molecule has 16 nitrogen and oxygen atoms in total. The zero-order valence-electron chi connectivity index (χ0n) is 28.9. The Hall–Kier alpha value is -5.98. The van der Waals surface area contributed by atoms with Crippen LogP contribution in [0.25, 0.3) is 21.8 Å². The average Bonchev–Trinajstić information content (AvgIpc) is 3.63. The number of hydrogen-bond acceptors (Lipinski definition) is 10. The molecule has 1 saturated carbocycles. The number of para-hydroxylation sites is 1. The van der Waals surface area contributed by atoms with Gasteiger partial charge >= 0.3 is 5.97 Å². The average molecular weight is 761 g/mol. The summed E-state index contributed by atoms with van der Waals surface area (Å²) in [6.45, 7) is 0.972. The van der Waals surface area contributed by atoms with Gasteiger partial charge in [-0.05, 0) is 56.0 Å². The number of carboxylic acids is 1. The van der Waals surface area contributed by atoms with E-state index in [0.717, 1.165) is 31.7 Å². The molecular weight excluding hydrogens is 727 g/mol. The number of anilines is 1. The fraction of sp³-hybridized carbons (Fsp3) is 0.371. The number of thiocarbonyl (C=S) groups is 1. The number of aromatic carboxylic acids is 1. The van der Waals surface area contributed by atoms with Crippen LogP contribution in [0, 0.1) is 17.6 Å². The van der Waals surface area contributed by atoms with Gasteiger partial charge in [-0.2, -0.15) is 0 Å². The second kappa shape index (κ2) is 13.5. The number of rotatable bonds is 9. The minimum Gasteiger partial charge on any atom is -0.493 e. The number of nitrogens with two attached hydrogens (primary N) is 1. The lowest BCUT2D eigenvalue weighted by Crippen LogP contribution is -2.49. The zero-order chi connectivity index (χ0) is 38.0. The lowest BCUT2D eigenvalue weighted by molar-refractivity contribution is -0.136. The van der Waals surface area contributed by atoms with Gasteiger partial charge in [0.1, 0.15) is 29.3 Å². The molecule has 0 radical (unpaired) electrons. The molecule has 3 aromatic heterocycles. The van der Waals surface area contributed by atoms with Gasteiger partial charge in [0, 0.05) is 37.3 Å². The first-order chi connectivity index (χ1) is 25.9. The van der Waals surface area contributed by atoms with Crippen molar-refractivity contribution < 1.29 is 33.3 Å². The second-order valence-corrected chi connectivity index (χ2v) is 14.2. The van der Waals surface area contributed by atoms with Crippen molar-refractivity contribution in [2.75, 3.05) is 31.6 Å². The van der Waals surface area contributed by atoms with Crippen LogP contribution in [0.15, 0.2) is 51.7 Å². The predicted molar refractivity (Wildman–Crippen MR) is 194 cm³/mol. The summed E-state index contributed by atoms with van der Waals surface area (Å²) in [5, 5.41) is 36.4. The molecule has 1 aliphatic carbocycles. The van der Waals surface area contributed by atoms with Crippen LogP contribution in [0.2, 0.25) is 0 Å². The number of carboxylic acid groups (broad SMARTS) is 1. The van der Waals surface area contributed by atoms with Crippen LogP contribution in [-0.4, -0.2) is 89.0 Å². The Morgan fingerprint density at radius 1 is 1.11 bits per heavy atom. The van der Waals surface area contributed by atoms with Gasteiger partial charge in [0.15, 0.2) is 17.3 Å². The van der Waals surface area contributed by atoms with Crippen LogP contribution in [0.3, 0.4) is 0 Å². The smallest absolute Gasteiger partial charge is 0.341 e. The summed E-state index contributed by atoms with van der Waals surface area (Å²) in [5.74, 6) is -3.15. The second-order valence-electron chi connectivity index (χ2n) is 13.8. The van der Waals surface area contributed by atoms with E-state index in [1.54, 1.807) is 15.5 Å². The number of amides is 1. The Balaban J connectivity index is 1.04. The number of azo groups is 1. The number of methoxy groups -OCH3 is 1. The molecule has 1 amide bonds. The molecule has 2 atom stereocenters. The van der Waals surface area contributed by atoms with E-state index < -0.39 is 28.6 Å². The fourth-order valence-corrected chi connectivity index (χ4v) is 8.00. The van der Waals surface area contributed by atoms with Gasteiger partial charge in [-0.15, -0.1) is 15.3 Å².